The van der Waals surface area contributed by atoms with E-state index in [1.165, 1.54) is 0 Å². The van der Waals surface area contributed by atoms with E-state index in [0.717, 1.165) is 24.1 Å². The zero-order valence-corrected chi connectivity index (χ0v) is 15.8. The molecule has 0 aromatic rings. The Kier molecular flexibility index (Phi) is 4.36. The van der Waals surface area contributed by atoms with E-state index in [1.807, 2.05) is 27.7 Å². The number of nitrogens with zero attached hydrogens (tertiary/aromatic N) is 1. The van der Waals surface area contributed by atoms with Crippen molar-refractivity contribution in [2.75, 3.05) is 5.75 Å². The fraction of sp³-hybridized carbons (Fsp3) is 0.938. The fourth-order valence-electron chi connectivity index (χ4n) is 4.73. The van der Waals surface area contributed by atoms with Gasteiger partial charge >= 0.3 is 0 Å². The molecule has 2 bridgehead atoms. The molecule has 0 aliphatic heterocycles. The number of hydrogen-bond acceptors (Lipinski definition) is 3. The van der Waals surface area contributed by atoms with Crippen LogP contribution in [0.4, 0.5) is 0 Å². The van der Waals surface area contributed by atoms with Crippen molar-refractivity contribution in [3.63, 3.8) is 0 Å². The molecular formula is C16H29NO2S2. The Bertz CT molecular complexity index is 528. The van der Waals surface area contributed by atoms with Gasteiger partial charge in [0.25, 0.3) is 0 Å². The van der Waals surface area contributed by atoms with Crippen LogP contribution in [-0.4, -0.2) is 35.4 Å². The first kappa shape index (κ1) is 17.4. The van der Waals surface area contributed by atoms with Gasteiger partial charge in [0, 0.05) is 22.4 Å². The van der Waals surface area contributed by atoms with E-state index in [4.69, 9.17) is 12.2 Å². The second-order valence-electron chi connectivity index (χ2n) is 7.94. The van der Waals surface area contributed by atoms with Gasteiger partial charge in [0.1, 0.15) is 0 Å². The molecule has 0 radical (unpaired) electrons. The lowest BCUT2D eigenvalue weighted by Crippen LogP contribution is -2.50. The van der Waals surface area contributed by atoms with Gasteiger partial charge in [-0.3, -0.25) is 0 Å². The quantitative estimate of drug-likeness (QED) is 0.722. The Morgan fingerprint density at radius 1 is 1.24 bits per heavy atom. The Morgan fingerprint density at radius 3 is 2.10 bits per heavy atom. The van der Waals surface area contributed by atoms with Crippen molar-refractivity contribution >= 4 is 27.1 Å². The number of rotatable bonds is 5. The second kappa shape index (κ2) is 5.27. The molecule has 2 saturated carbocycles. The number of sulfonamides is 1. The smallest absolute Gasteiger partial charge is 0.212 e. The van der Waals surface area contributed by atoms with E-state index < -0.39 is 10.0 Å². The topological polar surface area (TPSA) is 37.4 Å². The van der Waals surface area contributed by atoms with Crippen molar-refractivity contribution in [1.29, 1.82) is 0 Å². The van der Waals surface area contributed by atoms with Crippen LogP contribution in [0.25, 0.3) is 0 Å². The van der Waals surface area contributed by atoms with Crippen LogP contribution < -0.4 is 0 Å². The summed E-state index contributed by atoms with van der Waals surface area (Å²) in [6.07, 6.45) is 2.99. The highest BCUT2D eigenvalue weighted by Crippen LogP contribution is 2.64. The molecule has 0 unspecified atom stereocenters. The maximum atomic E-state index is 13.1. The molecule has 0 amide bonds. The summed E-state index contributed by atoms with van der Waals surface area (Å²) in [6.45, 7) is 12.2. The summed E-state index contributed by atoms with van der Waals surface area (Å²) in [5, 5.41) is 0. The van der Waals surface area contributed by atoms with Crippen LogP contribution in [0.2, 0.25) is 0 Å². The molecule has 0 heterocycles. The normalized spacial score (nSPS) is 31.9. The molecule has 3 nitrogen and oxygen atoms in total. The van der Waals surface area contributed by atoms with E-state index in [1.54, 1.807) is 4.31 Å². The molecule has 2 aliphatic carbocycles. The lowest BCUT2D eigenvalue weighted by Gasteiger charge is -2.40. The molecule has 5 heteroatoms. The van der Waals surface area contributed by atoms with Crippen LogP contribution in [0.5, 0.6) is 0 Å². The Labute approximate surface area is 135 Å². The standard InChI is InChI=1S/C16H29NO2S2/c1-11(2)17(12(3)4)21(18,19)10-16-8-7-13(9-14(16)20)15(16,5)6/h11-13H,7-10H2,1-6H3/t13-,16-/m1/s1. The predicted octanol–water partition coefficient (Wildman–Crippen LogP) is 3.63. The SMILES string of the molecule is CC(C)N(C(C)C)S(=O)(=O)C[C@]12CC[C@H](CC1=S)C2(C)C. The van der Waals surface area contributed by atoms with Gasteiger partial charge in [-0.25, -0.2) is 8.42 Å². The van der Waals surface area contributed by atoms with Crippen LogP contribution >= 0.6 is 12.2 Å². The van der Waals surface area contributed by atoms with Crippen molar-refractivity contribution in [2.45, 2.75) is 72.9 Å². The third-order valence-electron chi connectivity index (χ3n) is 5.91. The van der Waals surface area contributed by atoms with Crippen molar-refractivity contribution in [3.05, 3.63) is 0 Å². The van der Waals surface area contributed by atoms with Crippen LogP contribution in [0.15, 0.2) is 0 Å². The minimum Gasteiger partial charge on any atom is -0.212 e. The van der Waals surface area contributed by atoms with Crippen LogP contribution in [0.1, 0.15) is 60.8 Å². The molecule has 0 saturated heterocycles. The first-order valence-corrected chi connectivity index (χ1v) is 10.0. The molecule has 122 valence electrons. The maximum absolute atomic E-state index is 13.1. The lowest BCUT2D eigenvalue weighted by molar-refractivity contribution is 0.192. The molecule has 2 aliphatic rings. The van der Waals surface area contributed by atoms with E-state index in [2.05, 4.69) is 13.8 Å². The van der Waals surface area contributed by atoms with Gasteiger partial charge in [0.05, 0.1) is 5.75 Å². The molecule has 0 spiro atoms. The average molecular weight is 332 g/mol. The van der Waals surface area contributed by atoms with E-state index >= 15 is 0 Å². The Morgan fingerprint density at radius 2 is 1.76 bits per heavy atom. The average Bonchev–Trinajstić information content (AvgIpc) is 2.60. The molecule has 21 heavy (non-hydrogen) atoms. The summed E-state index contributed by atoms with van der Waals surface area (Å²) in [5.74, 6) is 0.755. The van der Waals surface area contributed by atoms with E-state index in [0.29, 0.717) is 5.92 Å². The molecule has 2 rings (SSSR count). The summed E-state index contributed by atoms with van der Waals surface area (Å²) in [4.78, 5) is 1.000. The first-order valence-electron chi connectivity index (χ1n) is 8.00. The van der Waals surface area contributed by atoms with E-state index in [-0.39, 0.29) is 28.7 Å². The largest absolute Gasteiger partial charge is 0.215 e. The van der Waals surface area contributed by atoms with Gasteiger partial charge in [-0.1, -0.05) is 26.1 Å². The first-order chi connectivity index (χ1) is 9.45. The van der Waals surface area contributed by atoms with E-state index in [9.17, 15) is 8.42 Å². The van der Waals surface area contributed by atoms with Gasteiger partial charge in [-0.2, -0.15) is 4.31 Å². The summed E-state index contributed by atoms with van der Waals surface area (Å²) in [7, 11) is -3.31. The third kappa shape index (κ3) is 2.49. The highest BCUT2D eigenvalue weighted by atomic mass is 32.2. The molecule has 2 atom stereocenters. The minimum atomic E-state index is -3.31. The highest BCUT2D eigenvalue weighted by Gasteiger charge is 2.63. The van der Waals surface area contributed by atoms with Gasteiger partial charge in [-0.15, -0.1) is 0 Å². The molecule has 0 aromatic heterocycles. The van der Waals surface area contributed by atoms with Gasteiger partial charge in [0.15, 0.2) is 0 Å². The van der Waals surface area contributed by atoms with Gasteiger partial charge in [0.2, 0.25) is 10.0 Å². The van der Waals surface area contributed by atoms with Crippen molar-refractivity contribution in [1.82, 2.24) is 4.31 Å². The third-order valence-corrected chi connectivity index (χ3v) is 8.81. The summed E-state index contributed by atoms with van der Waals surface area (Å²) in [6, 6.07) is -0.0247. The summed E-state index contributed by atoms with van der Waals surface area (Å²) >= 11 is 5.63. The number of thiocarbonyl (C=S) groups is 1. The zero-order chi connectivity index (χ0) is 16.2. The summed E-state index contributed by atoms with van der Waals surface area (Å²) in [5.41, 5.74) is -0.287. The molecule has 2 fully saturated rings. The van der Waals surface area contributed by atoms with Crippen LogP contribution in [0.3, 0.4) is 0 Å². The number of hydrogen-bond donors (Lipinski definition) is 0. The summed E-state index contributed by atoms with van der Waals surface area (Å²) < 4.78 is 27.8. The van der Waals surface area contributed by atoms with Crippen molar-refractivity contribution in [2.24, 2.45) is 16.7 Å². The molecule has 0 N–H and O–H groups in total. The second-order valence-corrected chi connectivity index (χ2v) is 10.3. The number of fused-ring (bicyclic) bond motifs is 2. The zero-order valence-electron chi connectivity index (χ0n) is 14.1. The Hall–Kier alpha value is -0.0000000000000000278. The maximum Gasteiger partial charge on any atom is 0.215 e. The highest BCUT2D eigenvalue weighted by molar-refractivity contribution is 7.89. The minimum absolute atomic E-state index is 0.0107. The molecule has 0 aromatic carbocycles. The van der Waals surface area contributed by atoms with Crippen molar-refractivity contribution < 1.29 is 8.42 Å². The van der Waals surface area contributed by atoms with Crippen LogP contribution in [0, 0.1) is 16.7 Å². The molecular weight excluding hydrogens is 302 g/mol. The van der Waals surface area contributed by atoms with Crippen LogP contribution in [-0.2, 0) is 10.0 Å². The lowest BCUT2D eigenvalue weighted by atomic mass is 9.71. The fourth-order valence-corrected chi connectivity index (χ4v) is 8.21. The Balaban J connectivity index is 2.38. The predicted molar refractivity (Wildman–Crippen MR) is 92.1 cm³/mol. The van der Waals surface area contributed by atoms with Gasteiger partial charge < -0.3 is 0 Å². The monoisotopic (exact) mass is 331 g/mol. The van der Waals surface area contributed by atoms with Gasteiger partial charge in [-0.05, 0) is 58.3 Å². The van der Waals surface area contributed by atoms with Crippen molar-refractivity contribution in [3.8, 4) is 0 Å².